The van der Waals surface area contributed by atoms with Crippen LogP contribution >= 0.6 is 15.9 Å². The number of aromatic nitrogens is 4. The smallest absolute Gasteiger partial charge is 0.404 e. The first-order chi connectivity index (χ1) is 16.5. The first kappa shape index (κ1) is 21.6. The molecule has 10 nitrogen and oxygen atoms in total. The van der Waals surface area contributed by atoms with Crippen molar-refractivity contribution in [3.05, 3.63) is 105 Å². The zero-order chi connectivity index (χ0) is 23.7. The van der Waals surface area contributed by atoms with Crippen LogP contribution in [0.15, 0.2) is 82.1 Å². The molecule has 0 spiro atoms. The normalized spacial score (nSPS) is 11.1. The Morgan fingerprint density at radius 2 is 1.88 bits per heavy atom. The Morgan fingerprint density at radius 1 is 1.06 bits per heavy atom. The van der Waals surface area contributed by atoms with Crippen molar-refractivity contribution in [3.63, 3.8) is 0 Å². The van der Waals surface area contributed by atoms with Gasteiger partial charge in [0.1, 0.15) is 16.8 Å². The van der Waals surface area contributed by atoms with Crippen LogP contribution in [0.5, 0.6) is 0 Å². The number of carbonyl (C=O) groups excluding carboxylic acids is 1. The number of nitro groups is 1. The van der Waals surface area contributed by atoms with Crippen LogP contribution in [0.25, 0.3) is 10.8 Å². The second kappa shape index (κ2) is 8.94. The summed E-state index contributed by atoms with van der Waals surface area (Å²) in [6, 6.07) is 17.5. The van der Waals surface area contributed by atoms with Gasteiger partial charge in [-0.2, -0.15) is 9.78 Å². The molecule has 0 saturated carbocycles. The Morgan fingerprint density at radius 3 is 2.71 bits per heavy atom. The van der Waals surface area contributed by atoms with Crippen molar-refractivity contribution in [2.45, 2.75) is 13.1 Å². The summed E-state index contributed by atoms with van der Waals surface area (Å²) in [4.78, 5) is 23.0. The number of fused-ring (bicyclic) bond motifs is 1. The second-order valence-electron chi connectivity index (χ2n) is 7.54. The number of hydrogen-bond acceptors (Lipinski definition) is 6. The Kier molecular flexibility index (Phi) is 5.68. The van der Waals surface area contributed by atoms with E-state index in [2.05, 4.69) is 55.7 Å². The molecule has 2 aromatic carbocycles. The summed E-state index contributed by atoms with van der Waals surface area (Å²) < 4.78 is 8.98. The van der Waals surface area contributed by atoms with E-state index < -0.39 is 10.8 Å². The first-order valence-electron chi connectivity index (χ1n) is 10.2. The molecule has 0 saturated heterocycles. The van der Waals surface area contributed by atoms with E-state index in [4.69, 9.17) is 4.42 Å². The fraction of sp³-hybridized carbons (Fsp3) is 0.0870. The highest BCUT2D eigenvalue weighted by Crippen LogP contribution is 2.23. The summed E-state index contributed by atoms with van der Waals surface area (Å²) >= 11 is 3.10. The molecule has 1 amide bonds. The average molecular weight is 521 g/mol. The predicted octanol–water partition coefficient (Wildman–Crippen LogP) is 4.85. The molecule has 0 aliphatic carbocycles. The van der Waals surface area contributed by atoms with Crippen LogP contribution in [-0.4, -0.2) is 30.4 Å². The van der Waals surface area contributed by atoms with Crippen molar-refractivity contribution in [1.82, 2.24) is 19.6 Å². The van der Waals surface area contributed by atoms with E-state index in [9.17, 15) is 14.9 Å². The number of halogens is 1. The van der Waals surface area contributed by atoms with Crippen LogP contribution in [0.4, 0.5) is 11.5 Å². The molecule has 0 aliphatic heterocycles. The molecule has 3 aromatic heterocycles. The topological polar surface area (TPSA) is 121 Å². The lowest BCUT2D eigenvalue weighted by atomic mass is 10.0. The van der Waals surface area contributed by atoms with Gasteiger partial charge < -0.3 is 19.8 Å². The van der Waals surface area contributed by atoms with Crippen molar-refractivity contribution in [3.8, 4) is 0 Å². The van der Waals surface area contributed by atoms with Crippen molar-refractivity contribution in [1.29, 1.82) is 0 Å². The molecule has 0 radical (unpaired) electrons. The van der Waals surface area contributed by atoms with Crippen molar-refractivity contribution in [2.75, 3.05) is 5.32 Å². The summed E-state index contributed by atoms with van der Waals surface area (Å²) in [5.41, 5.74) is 1.66. The molecule has 11 heteroatoms. The average Bonchev–Trinajstić information content (AvgIpc) is 3.55. The third kappa shape index (κ3) is 4.46. The number of amides is 1. The zero-order valence-corrected chi connectivity index (χ0v) is 19.2. The molecular formula is C23H17BrN6O4. The van der Waals surface area contributed by atoms with E-state index >= 15 is 0 Å². The molecule has 170 valence electrons. The third-order valence-electron chi connectivity index (χ3n) is 5.18. The van der Waals surface area contributed by atoms with Gasteiger partial charge in [0, 0.05) is 6.20 Å². The van der Waals surface area contributed by atoms with Crippen LogP contribution in [0.3, 0.4) is 0 Å². The standard InChI is InChI=1S/C23H17BrN6O4/c24-20-14-29(27-22(20)30(32)33)13-18-8-9-21(34-18)23(31)26-17-10-25-28(12-17)11-16-6-3-5-15-4-1-2-7-19(15)16/h1-10,12,14H,11,13H2,(H,26,31). The number of benzene rings is 2. The SMILES string of the molecule is O=C(Nc1cnn(Cc2cccc3ccccc23)c1)c1ccc(Cn2cc(Br)c([N+](=O)[O-])n2)o1. The van der Waals surface area contributed by atoms with Gasteiger partial charge in [-0.15, -0.1) is 0 Å². The molecule has 5 aromatic rings. The van der Waals surface area contributed by atoms with E-state index in [-0.39, 0.29) is 22.6 Å². The van der Waals surface area contributed by atoms with Crippen LogP contribution in [-0.2, 0) is 13.1 Å². The molecule has 34 heavy (non-hydrogen) atoms. The summed E-state index contributed by atoms with van der Waals surface area (Å²) in [6.45, 7) is 0.705. The lowest BCUT2D eigenvalue weighted by molar-refractivity contribution is -0.390. The van der Waals surface area contributed by atoms with Gasteiger partial charge in [0.25, 0.3) is 5.91 Å². The van der Waals surface area contributed by atoms with Crippen molar-refractivity contribution < 1.29 is 14.1 Å². The van der Waals surface area contributed by atoms with Crippen LogP contribution in [0, 0.1) is 10.1 Å². The van der Waals surface area contributed by atoms with E-state index in [1.54, 1.807) is 23.1 Å². The summed E-state index contributed by atoms with van der Waals surface area (Å²) in [7, 11) is 0. The molecule has 5 rings (SSSR count). The molecule has 0 atom stereocenters. The zero-order valence-electron chi connectivity index (χ0n) is 17.6. The maximum Gasteiger partial charge on any atom is 0.404 e. The summed E-state index contributed by atoms with van der Waals surface area (Å²) in [6.07, 6.45) is 4.81. The summed E-state index contributed by atoms with van der Waals surface area (Å²) in [5, 5.41) is 24.3. The van der Waals surface area contributed by atoms with Crippen molar-refractivity contribution >= 4 is 44.1 Å². The highest BCUT2D eigenvalue weighted by atomic mass is 79.9. The van der Waals surface area contributed by atoms with Crippen LogP contribution in [0.1, 0.15) is 21.9 Å². The minimum atomic E-state index is -0.581. The minimum Gasteiger partial charge on any atom is -0.454 e. The van der Waals surface area contributed by atoms with E-state index in [0.717, 1.165) is 16.3 Å². The van der Waals surface area contributed by atoms with Gasteiger partial charge in [0.05, 0.1) is 29.7 Å². The monoisotopic (exact) mass is 520 g/mol. The number of nitrogens with zero attached hydrogens (tertiary/aromatic N) is 5. The van der Waals surface area contributed by atoms with Gasteiger partial charge >= 0.3 is 5.82 Å². The Labute approximate surface area is 201 Å². The fourth-order valence-electron chi connectivity index (χ4n) is 3.65. The molecular weight excluding hydrogens is 504 g/mol. The van der Waals surface area contributed by atoms with Gasteiger partial charge in [-0.1, -0.05) is 42.5 Å². The molecule has 0 fully saturated rings. The lowest BCUT2D eigenvalue weighted by Crippen LogP contribution is -2.10. The van der Waals surface area contributed by atoms with Crippen molar-refractivity contribution in [2.24, 2.45) is 0 Å². The van der Waals surface area contributed by atoms with Gasteiger partial charge in [-0.25, -0.2) is 0 Å². The van der Waals surface area contributed by atoms with Gasteiger partial charge in [0.15, 0.2) is 5.76 Å². The first-order valence-corrected chi connectivity index (χ1v) is 11.0. The minimum absolute atomic E-state index is 0.109. The van der Waals surface area contributed by atoms with Gasteiger partial charge in [-0.3, -0.25) is 9.48 Å². The lowest BCUT2D eigenvalue weighted by Gasteiger charge is -2.06. The number of furan rings is 1. The number of nitrogens with one attached hydrogen (secondary N) is 1. The highest BCUT2D eigenvalue weighted by molar-refractivity contribution is 9.10. The molecule has 0 aliphatic rings. The quantitative estimate of drug-likeness (QED) is 0.242. The number of carbonyl (C=O) groups is 1. The van der Waals surface area contributed by atoms with E-state index in [0.29, 0.717) is 18.0 Å². The third-order valence-corrected chi connectivity index (χ3v) is 5.74. The maximum atomic E-state index is 12.6. The molecule has 3 heterocycles. The fourth-order valence-corrected chi connectivity index (χ4v) is 4.11. The number of rotatable bonds is 7. The predicted molar refractivity (Wildman–Crippen MR) is 128 cm³/mol. The second-order valence-corrected chi connectivity index (χ2v) is 8.39. The Hall–Kier alpha value is -4.25. The van der Waals surface area contributed by atoms with Crippen LogP contribution < -0.4 is 5.32 Å². The largest absolute Gasteiger partial charge is 0.454 e. The van der Waals surface area contributed by atoms with Gasteiger partial charge in [0.2, 0.25) is 0 Å². The van der Waals surface area contributed by atoms with E-state index in [1.807, 2.05) is 18.2 Å². The summed E-state index contributed by atoms with van der Waals surface area (Å²) in [5.74, 6) is -0.173. The molecule has 0 unspecified atom stereocenters. The number of hydrogen-bond donors (Lipinski definition) is 1. The maximum absolute atomic E-state index is 12.6. The van der Waals surface area contributed by atoms with Gasteiger partial charge in [-0.05, 0) is 49.3 Å². The number of anilines is 1. The molecule has 0 bridgehead atoms. The Balaban J connectivity index is 1.25. The van der Waals surface area contributed by atoms with E-state index in [1.165, 1.54) is 16.9 Å². The molecule has 1 N–H and O–H groups in total. The van der Waals surface area contributed by atoms with Crippen LogP contribution in [0.2, 0.25) is 0 Å². The Bertz CT molecular complexity index is 1510. The highest BCUT2D eigenvalue weighted by Gasteiger charge is 2.20.